The molecular weight excluding hydrogens is 298 g/mol. The Morgan fingerprint density at radius 3 is 2.17 bits per heavy atom. The number of anilines is 1. The van der Waals surface area contributed by atoms with Gasteiger partial charge in [-0.2, -0.15) is 0 Å². The van der Waals surface area contributed by atoms with E-state index in [1.807, 2.05) is 19.1 Å². The number of benzene rings is 1. The van der Waals surface area contributed by atoms with E-state index in [0.29, 0.717) is 18.7 Å². The summed E-state index contributed by atoms with van der Waals surface area (Å²) in [4.78, 5) is 36.7. The Hall–Kier alpha value is -2.37. The Balaban J connectivity index is 2.80. The van der Waals surface area contributed by atoms with Crippen molar-refractivity contribution in [3.05, 3.63) is 29.8 Å². The fourth-order valence-electron chi connectivity index (χ4n) is 1.99. The Morgan fingerprint density at radius 1 is 1.00 bits per heavy atom. The number of rotatable bonds is 7. The molecule has 0 aromatic heterocycles. The van der Waals surface area contributed by atoms with E-state index in [0.717, 1.165) is 5.56 Å². The number of hydrogen-bond acceptors (Lipinski definition) is 5. The van der Waals surface area contributed by atoms with E-state index >= 15 is 0 Å². The molecule has 0 aliphatic heterocycles. The molecule has 0 N–H and O–H groups in total. The largest absolute Gasteiger partial charge is 0.466 e. The lowest BCUT2D eigenvalue weighted by atomic mass is 10.2. The SMILES string of the molecule is CCOC(=O)CCCN(C(=O)C(=O)OCC)c1ccc(C)cc1. The van der Waals surface area contributed by atoms with Crippen LogP contribution in [0.2, 0.25) is 0 Å². The van der Waals surface area contributed by atoms with Gasteiger partial charge in [0, 0.05) is 18.7 Å². The molecule has 126 valence electrons. The molecule has 6 nitrogen and oxygen atoms in total. The number of ether oxygens (including phenoxy) is 2. The number of nitrogens with zero attached hydrogens (tertiary/aromatic N) is 1. The predicted molar refractivity (Wildman–Crippen MR) is 86.0 cm³/mol. The van der Waals surface area contributed by atoms with Crippen molar-refractivity contribution in [2.75, 3.05) is 24.7 Å². The first-order valence-corrected chi connectivity index (χ1v) is 7.70. The van der Waals surface area contributed by atoms with Gasteiger partial charge in [0.15, 0.2) is 0 Å². The molecule has 0 saturated carbocycles. The molecular formula is C17H23NO5. The summed E-state index contributed by atoms with van der Waals surface area (Å²) in [5.41, 5.74) is 1.64. The molecule has 23 heavy (non-hydrogen) atoms. The molecule has 0 atom stereocenters. The molecule has 1 rings (SSSR count). The van der Waals surface area contributed by atoms with Crippen molar-refractivity contribution in [3.63, 3.8) is 0 Å². The molecule has 0 saturated heterocycles. The Labute approximate surface area is 136 Å². The maximum Gasteiger partial charge on any atom is 0.397 e. The number of hydrogen-bond donors (Lipinski definition) is 0. The predicted octanol–water partition coefficient (Wildman–Crippen LogP) is 2.23. The van der Waals surface area contributed by atoms with Crippen LogP contribution in [0.15, 0.2) is 24.3 Å². The molecule has 6 heteroatoms. The summed E-state index contributed by atoms with van der Waals surface area (Å²) in [5, 5.41) is 0. The maximum absolute atomic E-state index is 12.3. The first kappa shape index (κ1) is 18.7. The molecule has 0 aliphatic carbocycles. The monoisotopic (exact) mass is 321 g/mol. The average Bonchev–Trinajstić information content (AvgIpc) is 2.52. The molecule has 1 aromatic rings. The number of aryl methyl sites for hydroxylation is 1. The van der Waals surface area contributed by atoms with Crippen molar-refractivity contribution < 1.29 is 23.9 Å². The van der Waals surface area contributed by atoms with E-state index in [2.05, 4.69) is 0 Å². The van der Waals surface area contributed by atoms with Crippen LogP contribution in [0.3, 0.4) is 0 Å². The first-order chi connectivity index (χ1) is 11.0. The quantitative estimate of drug-likeness (QED) is 0.569. The van der Waals surface area contributed by atoms with Gasteiger partial charge in [-0.15, -0.1) is 0 Å². The third-order valence-corrected chi connectivity index (χ3v) is 3.11. The molecule has 0 unspecified atom stereocenters. The molecule has 0 bridgehead atoms. The van der Waals surface area contributed by atoms with Gasteiger partial charge in [0.1, 0.15) is 0 Å². The smallest absolute Gasteiger partial charge is 0.397 e. The molecule has 0 heterocycles. The fourth-order valence-corrected chi connectivity index (χ4v) is 1.99. The van der Waals surface area contributed by atoms with Crippen molar-refractivity contribution in [2.45, 2.75) is 33.6 Å². The summed E-state index contributed by atoms with van der Waals surface area (Å²) in [5.74, 6) is -1.95. The second-order valence-electron chi connectivity index (χ2n) is 4.92. The van der Waals surface area contributed by atoms with Crippen LogP contribution >= 0.6 is 0 Å². The van der Waals surface area contributed by atoms with E-state index in [4.69, 9.17) is 9.47 Å². The number of amides is 1. The van der Waals surface area contributed by atoms with Crippen molar-refractivity contribution in [1.82, 2.24) is 0 Å². The third kappa shape index (κ3) is 6.10. The summed E-state index contributed by atoms with van der Waals surface area (Å²) in [6, 6.07) is 7.23. The van der Waals surface area contributed by atoms with Gasteiger partial charge >= 0.3 is 17.8 Å². The lowest BCUT2D eigenvalue weighted by molar-refractivity contribution is -0.153. The van der Waals surface area contributed by atoms with E-state index in [-0.39, 0.29) is 25.5 Å². The van der Waals surface area contributed by atoms with Crippen molar-refractivity contribution in [3.8, 4) is 0 Å². The second kappa shape index (κ2) is 9.61. The summed E-state index contributed by atoms with van der Waals surface area (Å²) in [7, 11) is 0. The minimum atomic E-state index is -0.899. The van der Waals surface area contributed by atoms with Crippen LogP contribution in [0.1, 0.15) is 32.3 Å². The highest BCUT2D eigenvalue weighted by Crippen LogP contribution is 2.17. The van der Waals surface area contributed by atoms with E-state index in [1.165, 1.54) is 4.90 Å². The molecule has 1 aromatic carbocycles. The summed E-state index contributed by atoms with van der Waals surface area (Å²) in [6.07, 6.45) is 0.587. The standard InChI is InChI=1S/C17H23NO5/c1-4-22-15(19)7-6-12-18(16(20)17(21)23-5-2)14-10-8-13(3)9-11-14/h8-11H,4-7,12H2,1-3H3. The van der Waals surface area contributed by atoms with Crippen molar-refractivity contribution >= 4 is 23.5 Å². The zero-order valence-electron chi connectivity index (χ0n) is 13.8. The average molecular weight is 321 g/mol. The molecule has 0 aliphatic rings. The topological polar surface area (TPSA) is 72.9 Å². The Morgan fingerprint density at radius 2 is 1.61 bits per heavy atom. The van der Waals surface area contributed by atoms with Gasteiger partial charge in [-0.05, 0) is 39.3 Å². The van der Waals surface area contributed by atoms with Gasteiger partial charge in [0.05, 0.1) is 13.2 Å². The number of esters is 2. The zero-order chi connectivity index (χ0) is 17.2. The molecule has 1 amide bonds. The van der Waals surface area contributed by atoms with Gasteiger partial charge in [-0.3, -0.25) is 9.59 Å². The summed E-state index contributed by atoms with van der Waals surface area (Å²) >= 11 is 0. The Bertz CT molecular complexity index is 538. The van der Waals surface area contributed by atoms with Gasteiger partial charge in [0.2, 0.25) is 0 Å². The maximum atomic E-state index is 12.3. The van der Waals surface area contributed by atoms with Crippen LogP contribution in [0.25, 0.3) is 0 Å². The highest BCUT2D eigenvalue weighted by molar-refractivity contribution is 6.38. The zero-order valence-corrected chi connectivity index (χ0v) is 13.8. The van der Waals surface area contributed by atoms with Crippen LogP contribution in [-0.2, 0) is 23.9 Å². The fraction of sp³-hybridized carbons (Fsp3) is 0.471. The molecule has 0 radical (unpaired) electrons. The van der Waals surface area contributed by atoms with E-state index < -0.39 is 11.9 Å². The van der Waals surface area contributed by atoms with Gasteiger partial charge in [-0.1, -0.05) is 17.7 Å². The second-order valence-corrected chi connectivity index (χ2v) is 4.92. The number of carbonyl (C=O) groups is 3. The minimum absolute atomic E-state index is 0.134. The van der Waals surface area contributed by atoms with Crippen LogP contribution in [0.5, 0.6) is 0 Å². The third-order valence-electron chi connectivity index (χ3n) is 3.11. The summed E-state index contributed by atoms with van der Waals surface area (Å²) < 4.78 is 9.63. The van der Waals surface area contributed by atoms with Gasteiger partial charge < -0.3 is 14.4 Å². The summed E-state index contributed by atoms with van der Waals surface area (Å²) in [6.45, 7) is 6.00. The molecule has 0 spiro atoms. The first-order valence-electron chi connectivity index (χ1n) is 7.70. The van der Waals surface area contributed by atoms with Crippen LogP contribution in [0.4, 0.5) is 5.69 Å². The van der Waals surface area contributed by atoms with E-state index in [9.17, 15) is 14.4 Å². The lowest BCUT2D eigenvalue weighted by Crippen LogP contribution is -2.38. The van der Waals surface area contributed by atoms with Gasteiger partial charge in [0.25, 0.3) is 0 Å². The van der Waals surface area contributed by atoms with Crippen LogP contribution in [0, 0.1) is 6.92 Å². The lowest BCUT2D eigenvalue weighted by Gasteiger charge is -2.21. The van der Waals surface area contributed by atoms with Crippen LogP contribution in [-0.4, -0.2) is 37.6 Å². The highest BCUT2D eigenvalue weighted by Gasteiger charge is 2.24. The molecule has 0 fully saturated rings. The Kier molecular flexibility index (Phi) is 7.80. The normalized spacial score (nSPS) is 10.0. The minimum Gasteiger partial charge on any atom is -0.466 e. The highest BCUT2D eigenvalue weighted by atomic mass is 16.5. The van der Waals surface area contributed by atoms with Crippen molar-refractivity contribution in [1.29, 1.82) is 0 Å². The van der Waals surface area contributed by atoms with Gasteiger partial charge in [-0.25, -0.2) is 4.79 Å². The van der Waals surface area contributed by atoms with E-state index in [1.54, 1.807) is 26.0 Å². The number of carbonyl (C=O) groups excluding carboxylic acids is 3. The van der Waals surface area contributed by atoms with Crippen LogP contribution < -0.4 is 4.90 Å². The van der Waals surface area contributed by atoms with Crippen molar-refractivity contribution in [2.24, 2.45) is 0 Å².